The van der Waals surface area contributed by atoms with Crippen molar-refractivity contribution in [1.82, 2.24) is 15.2 Å². The first-order chi connectivity index (χ1) is 14.5. The minimum absolute atomic E-state index is 0.146. The number of nitrogens with one attached hydrogen (secondary N) is 1. The Labute approximate surface area is 178 Å². The molecule has 6 nitrogen and oxygen atoms in total. The van der Waals surface area contributed by atoms with Gasteiger partial charge in [0, 0.05) is 32.4 Å². The molecular weight excluding hydrogens is 398 g/mol. The lowest BCUT2D eigenvalue weighted by Crippen LogP contribution is -2.46. The maximum atomic E-state index is 13.3. The first-order valence-electron chi connectivity index (χ1n) is 9.99. The summed E-state index contributed by atoms with van der Waals surface area (Å²) in [6, 6.07) is 17.6. The molecule has 7 heteroatoms. The van der Waals surface area contributed by atoms with Gasteiger partial charge in [0.15, 0.2) is 0 Å². The zero-order valence-corrected chi connectivity index (χ0v) is 17.6. The van der Waals surface area contributed by atoms with Crippen molar-refractivity contribution < 1.29 is 14.4 Å². The second-order valence-corrected chi connectivity index (χ2v) is 8.76. The number of rotatable bonds is 7. The summed E-state index contributed by atoms with van der Waals surface area (Å²) in [6.07, 6.45) is 0.974. The van der Waals surface area contributed by atoms with Gasteiger partial charge in [0.05, 0.1) is 20.6 Å². The second kappa shape index (κ2) is 8.36. The van der Waals surface area contributed by atoms with E-state index in [-0.39, 0.29) is 43.7 Å². The smallest absolute Gasteiger partial charge is 0.230 e. The van der Waals surface area contributed by atoms with Crippen LogP contribution in [0.3, 0.4) is 0 Å². The quantitative estimate of drug-likeness (QED) is 0.595. The molecule has 0 bridgehead atoms. The molecule has 1 fully saturated rings. The lowest BCUT2D eigenvalue weighted by molar-refractivity contribution is -0.138. The monoisotopic (exact) mass is 421 g/mol. The molecule has 3 amide bonds. The molecular formula is C23H23N3O3S. The molecule has 3 aromatic rings. The minimum Gasteiger partial charge on any atom is -0.354 e. The normalized spacial score (nSPS) is 16.1. The molecule has 1 saturated heterocycles. The Hall–Kier alpha value is -3.06. The average Bonchev–Trinajstić information content (AvgIpc) is 3.31. The predicted molar refractivity (Wildman–Crippen MR) is 116 cm³/mol. The van der Waals surface area contributed by atoms with E-state index in [0.29, 0.717) is 6.42 Å². The van der Waals surface area contributed by atoms with Crippen LogP contribution in [0.15, 0.2) is 54.6 Å². The highest BCUT2D eigenvalue weighted by atomic mass is 32.1. The van der Waals surface area contributed by atoms with Gasteiger partial charge in [0.25, 0.3) is 0 Å². The van der Waals surface area contributed by atoms with Crippen LogP contribution in [0, 0.1) is 0 Å². The number of likely N-dealkylation sites (tertiary alicyclic amines) is 1. The van der Waals surface area contributed by atoms with Crippen LogP contribution in [-0.2, 0) is 26.2 Å². The fourth-order valence-electron chi connectivity index (χ4n) is 3.77. The fraction of sp³-hybridized carbons (Fsp3) is 0.304. The molecule has 0 radical (unpaired) electrons. The number of imide groups is 1. The van der Waals surface area contributed by atoms with E-state index in [9.17, 15) is 14.4 Å². The molecule has 1 aliphatic heterocycles. The molecule has 154 valence electrons. The summed E-state index contributed by atoms with van der Waals surface area (Å²) in [6.45, 7) is 2.35. The third kappa shape index (κ3) is 3.98. The van der Waals surface area contributed by atoms with E-state index in [1.54, 1.807) is 11.3 Å². The van der Waals surface area contributed by atoms with Gasteiger partial charge in [0.2, 0.25) is 17.7 Å². The number of aromatic nitrogens is 1. The van der Waals surface area contributed by atoms with Gasteiger partial charge in [-0.1, -0.05) is 42.5 Å². The number of carbonyl (C=O) groups is 3. The van der Waals surface area contributed by atoms with Crippen LogP contribution in [0.25, 0.3) is 10.2 Å². The number of carbonyl (C=O) groups excluding carboxylic acids is 3. The summed E-state index contributed by atoms with van der Waals surface area (Å²) >= 11 is 1.59. The number of para-hydroxylation sites is 1. The standard InChI is InChI=1S/C23H23N3O3S/c1-23(16-7-3-2-4-8-16,15-19-25-17-9-5-6-10-18(17)30-19)22(29)24-13-14-26-20(27)11-12-21(26)28/h2-10H,11-15H2,1H3,(H,24,29). The van der Waals surface area contributed by atoms with Gasteiger partial charge < -0.3 is 5.32 Å². The molecule has 1 N–H and O–H groups in total. The van der Waals surface area contributed by atoms with Crippen LogP contribution in [0.5, 0.6) is 0 Å². The summed E-state index contributed by atoms with van der Waals surface area (Å²) < 4.78 is 1.09. The van der Waals surface area contributed by atoms with Gasteiger partial charge in [-0.15, -0.1) is 11.3 Å². The zero-order valence-electron chi connectivity index (χ0n) is 16.8. The van der Waals surface area contributed by atoms with Crippen molar-refractivity contribution in [3.8, 4) is 0 Å². The van der Waals surface area contributed by atoms with E-state index in [4.69, 9.17) is 4.98 Å². The Kier molecular flexibility index (Phi) is 5.63. The lowest BCUT2D eigenvalue weighted by atomic mass is 9.78. The number of thiazole rings is 1. The summed E-state index contributed by atoms with van der Waals surface area (Å²) in [5.41, 5.74) is 1.00. The molecule has 1 unspecified atom stereocenters. The largest absolute Gasteiger partial charge is 0.354 e. The molecule has 1 aromatic heterocycles. The third-order valence-electron chi connectivity index (χ3n) is 5.53. The molecule has 1 aliphatic rings. The molecule has 0 saturated carbocycles. The van der Waals surface area contributed by atoms with Crippen molar-refractivity contribution in [2.45, 2.75) is 31.6 Å². The van der Waals surface area contributed by atoms with Gasteiger partial charge in [-0.2, -0.15) is 0 Å². The maximum absolute atomic E-state index is 13.3. The van der Waals surface area contributed by atoms with Gasteiger partial charge in [-0.3, -0.25) is 19.3 Å². The molecule has 0 aliphatic carbocycles. The van der Waals surface area contributed by atoms with Gasteiger partial charge in [-0.25, -0.2) is 4.98 Å². The highest BCUT2D eigenvalue weighted by Crippen LogP contribution is 2.32. The topological polar surface area (TPSA) is 79.4 Å². The van der Waals surface area contributed by atoms with E-state index < -0.39 is 5.41 Å². The van der Waals surface area contributed by atoms with E-state index in [1.165, 1.54) is 4.90 Å². The SMILES string of the molecule is CC(Cc1nc2ccccc2s1)(C(=O)NCCN1C(=O)CCC1=O)c1ccccc1. The Balaban J connectivity index is 1.53. The summed E-state index contributed by atoms with van der Waals surface area (Å²) in [5.74, 6) is -0.490. The van der Waals surface area contributed by atoms with Crippen molar-refractivity contribution in [3.63, 3.8) is 0 Å². The third-order valence-corrected chi connectivity index (χ3v) is 6.57. The van der Waals surface area contributed by atoms with Crippen molar-refractivity contribution in [3.05, 3.63) is 65.2 Å². The van der Waals surface area contributed by atoms with Crippen molar-refractivity contribution in [2.75, 3.05) is 13.1 Å². The number of hydrogen-bond acceptors (Lipinski definition) is 5. The minimum atomic E-state index is -0.825. The predicted octanol–water partition coefficient (Wildman–Crippen LogP) is 3.06. The average molecular weight is 422 g/mol. The van der Waals surface area contributed by atoms with Crippen LogP contribution in [0.2, 0.25) is 0 Å². The van der Waals surface area contributed by atoms with Crippen LogP contribution in [-0.4, -0.2) is 40.7 Å². The zero-order chi connectivity index (χ0) is 21.1. The molecule has 0 spiro atoms. The van der Waals surface area contributed by atoms with Crippen LogP contribution in [0.4, 0.5) is 0 Å². The molecule has 1 atom stereocenters. The highest BCUT2D eigenvalue weighted by Gasteiger charge is 2.37. The van der Waals surface area contributed by atoms with Crippen molar-refractivity contribution in [1.29, 1.82) is 0 Å². The van der Waals surface area contributed by atoms with Crippen LogP contribution < -0.4 is 5.32 Å². The second-order valence-electron chi connectivity index (χ2n) is 7.65. The Bertz CT molecular complexity index is 1050. The van der Waals surface area contributed by atoms with Crippen molar-refractivity contribution >= 4 is 39.3 Å². The van der Waals surface area contributed by atoms with Gasteiger partial charge >= 0.3 is 0 Å². The van der Waals surface area contributed by atoms with E-state index in [0.717, 1.165) is 20.8 Å². The van der Waals surface area contributed by atoms with E-state index in [1.807, 2.05) is 61.5 Å². The van der Waals surface area contributed by atoms with Gasteiger partial charge in [0.1, 0.15) is 0 Å². The van der Waals surface area contributed by atoms with Crippen LogP contribution >= 0.6 is 11.3 Å². The lowest BCUT2D eigenvalue weighted by Gasteiger charge is -2.28. The summed E-state index contributed by atoms with van der Waals surface area (Å²) in [4.78, 5) is 42.8. The first kappa shape index (κ1) is 20.2. The van der Waals surface area contributed by atoms with Crippen LogP contribution in [0.1, 0.15) is 30.3 Å². The Morgan fingerprint density at radius 1 is 1.07 bits per heavy atom. The molecule has 4 rings (SSSR count). The summed E-state index contributed by atoms with van der Waals surface area (Å²) in [5, 5.41) is 3.83. The van der Waals surface area contributed by atoms with Crippen molar-refractivity contribution in [2.24, 2.45) is 0 Å². The van der Waals surface area contributed by atoms with Gasteiger partial charge in [-0.05, 0) is 24.6 Å². The fourth-order valence-corrected chi connectivity index (χ4v) is 4.89. The maximum Gasteiger partial charge on any atom is 0.230 e. The van der Waals surface area contributed by atoms with E-state index >= 15 is 0 Å². The molecule has 2 heterocycles. The highest BCUT2D eigenvalue weighted by molar-refractivity contribution is 7.18. The Morgan fingerprint density at radius 2 is 1.73 bits per heavy atom. The first-order valence-corrected chi connectivity index (χ1v) is 10.8. The number of hydrogen-bond donors (Lipinski definition) is 1. The van der Waals surface area contributed by atoms with E-state index in [2.05, 4.69) is 5.32 Å². The molecule has 30 heavy (non-hydrogen) atoms. The number of benzene rings is 2. The number of fused-ring (bicyclic) bond motifs is 1. The summed E-state index contributed by atoms with van der Waals surface area (Å²) in [7, 11) is 0. The Morgan fingerprint density at radius 3 is 2.43 bits per heavy atom. The molecule has 2 aromatic carbocycles. The number of amides is 3. The number of nitrogens with zero attached hydrogens (tertiary/aromatic N) is 2.